The molecule has 6 nitrogen and oxygen atoms in total. The second-order valence-electron chi connectivity index (χ2n) is 8.17. The fourth-order valence-corrected chi connectivity index (χ4v) is 5.59. The highest BCUT2D eigenvalue weighted by atomic mass is 32.2. The Labute approximate surface area is 206 Å². The summed E-state index contributed by atoms with van der Waals surface area (Å²) in [5.41, 5.74) is 3.74. The highest BCUT2D eigenvalue weighted by molar-refractivity contribution is 7.99. The normalized spacial score (nSPS) is 12.9. The number of rotatable bonds is 9. The molecule has 34 heavy (non-hydrogen) atoms. The van der Waals surface area contributed by atoms with E-state index in [-0.39, 0.29) is 17.4 Å². The van der Waals surface area contributed by atoms with Crippen molar-refractivity contribution < 1.29 is 9.59 Å². The van der Waals surface area contributed by atoms with E-state index in [1.807, 2.05) is 36.4 Å². The van der Waals surface area contributed by atoms with Crippen LogP contribution in [0.15, 0.2) is 71.2 Å². The molecule has 0 saturated heterocycles. The van der Waals surface area contributed by atoms with Gasteiger partial charge in [-0.2, -0.15) is 0 Å². The predicted octanol–water partition coefficient (Wildman–Crippen LogP) is 5.03. The van der Waals surface area contributed by atoms with Gasteiger partial charge in [0.1, 0.15) is 5.82 Å². The van der Waals surface area contributed by atoms with Crippen LogP contribution < -0.4 is 5.32 Å². The zero-order valence-electron chi connectivity index (χ0n) is 18.6. The van der Waals surface area contributed by atoms with E-state index in [9.17, 15) is 9.59 Å². The molecule has 1 aliphatic rings. The summed E-state index contributed by atoms with van der Waals surface area (Å²) in [6.07, 6.45) is 2.71. The molecular weight excluding hydrogens is 464 g/mol. The molecule has 2 aromatic carbocycles. The molecule has 172 valence electrons. The van der Waals surface area contributed by atoms with Crippen molar-refractivity contribution >= 4 is 40.5 Å². The summed E-state index contributed by atoms with van der Waals surface area (Å²) >= 11 is 3.14. The Morgan fingerprint density at radius 3 is 2.76 bits per heavy atom. The van der Waals surface area contributed by atoms with Gasteiger partial charge in [-0.1, -0.05) is 48.2 Å². The summed E-state index contributed by atoms with van der Waals surface area (Å²) in [6.45, 7) is 0.757. The number of fused-ring (bicyclic) bond motifs is 1. The lowest BCUT2D eigenvalue weighted by atomic mass is 9.99. The van der Waals surface area contributed by atoms with Crippen LogP contribution in [-0.2, 0) is 30.6 Å². The van der Waals surface area contributed by atoms with Crippen LogP contribution in [0.4, 0.5) is 5.69 Å². The average molecular weight is 489 g/mol. The molecule has 1 N–H and O–H groups in total. The van der Waals surface area contributed by atoms with Crippen molar-refractivity contribution in [1.82, 2.24) is 14.8 Å². The number of nitrogens with zero attached hydrogens (tertiary/aromatic N) is 3. The van der Waals surface area contributed by atoms with Crippen molar-refractivity contribution in [2.75, 3.05) is 11.1 Å². The molecule has 5 rings (SSSR count). The van der Waals surface area contributed by atoms with Gasteiger partial charge in [0.25, 0.3) is 0 Å². The first kappa shape index (κ1) is 22.6. The van der Waals surface area contributed by atoms with Gasteiger partial charge >= 0.3 is 0 Å². The number of nitrogens with one attached hydrogen (secondary N) is 1. The number of ketones is 1. The third kappa shape index (κ3) is 5.29. The number of thioether (sulfide) groups is 1. The maximum Gasteiger partial charge on any atom is 0.224 e. The third-order valence-corrected chi connectivity index (χ3v) is 7.67. The number of carbonyl (C=O) groups excluding carboxylic acids is 2. The summed E-state index contributed by atoms with van der Waals surface area (Å²) < 4.78 is 2.15. The first-order chi connectivity index (χ1) is 16.7. The summed E-state index contributed by atoms with van der Waals surface area (Å²) in [5, 5.41) is 14.6. The van der Waals surface area contributed by atoms with Crippen LogP contribution in [-0.4, -0.2) is 32.2 Å². The number of aromatic nitrogens is 3. The number of carbonyl (C=O) groups is 2. The number of hydrogen-bond donors (Lipinski definition) is 1. The monoisotopic (exact) mass is 488 g/mol. The minimum absolute atomic E-state index is 0.0234. The molecule has 1 aliphatic heterocycles. The molecule has 0 bridgehead atoms. The van der Waals surface area contributed by atoms with Crippen LogP contribution in [0.1, 0.15) is 38.6 Å². The van der Waals surface area contributed by atoms with E-state index in [0.29, 0.717) is 18.4 Å². The molecule has 0 atom stereocenters. The van der Waals surface area contributed by atoms with E-state index in [4.69, 9.17) is 0 Å². The van der Waals surface area contributed by atoms with Crippen LogP contribution in [0.5, 0.6) is 0 Å². The zero-order chi connectivity index (χ0) is 23.3. The maximum absolute atomic E-state index is 13.0. The quantitative estimate of drug-likeness (QED) is 0.264. The van der Waals surface area contributed by atoms with Crippen LogP contribution in [0.3, 0.4) is 0 Å². The van der Waals surface area contributed by atoms with Crippen LogP contribution in [0.25, 0.3) is 0 Å². The topological polar surface area (TPSA) is 76.9 Å². The number of benzene rings is 2. The van der Waals surface area contributed by atoms with E-state index >= 15 is 0 Å². The van der Waals surface area contributed by atoms with Crippen LogP contribution in [0, 0.1) is 0 Å². The van der Waals surface area contributed by atoms with E-state index in [1.54, 1.807) is 17.4 Å². The molecule has 0 radical (unpaired) electrons. The predicted molar refractivity (Wildman–Crippen MR) is 136 cm³/mol. The molecule has 3 heterocycles. The van der Waals surface area contributed by atoms with Crippen molar-refractivity contribution in [1.29, 1.82) is 0 Å². The highest BCUT2D eigenvalue weighted by Crippen LogP contribution is 2.26. The summed E-state index contributed by atoms with van der Waals surface area (Å²) in [7, 11) is 0. The third-order valence-electron chi connectivity index (χ3n) is 5.83. The summed E-state index contributed by atoms with van der Waals surface area (Å²) in [6, 6.07) is 20.0. The highest BCUT2D eigenvalue weighted by Gasteiger charge is 2.19. The Bertz CT molecular complexity index is 1300. The Morgan fingerprint density at radius 1 is 1.06 bits per heavy atom. The molecule has 8 heteroatoms. The fraction of sp³-hybridized carbons (Fsp3) is 0.231. The van der Waals surface area contributed by atoms with E-state index in [0.717, 1.165) is 41.6 Å². The van der Waals surface area contributed by atoms with Crippen molar-refractivity contribution in [2.24, 2.45) is 0 Å². The number of Topliss-reactive ketones (excluding diaryl/α,β-unsaturated/α-hetero) is 1. The van der Waals surface area contributed by atoms with E-state index in [1.165, 1.54) is 22.2 Å². The smallest absolute Gasteiger partial charge is 0.224 e. The van der Waals surface area contributed by atoms with Gasteiger partial charge in [-0.25, -0.2) is 0 Å². The fourth-order valence-electron chi connectivity index (χ4n) is 4.01. The second-order valence-corrected chi connectivity index (χ2v) is 10.1. The number of thiophene rings is 1. The van der Waals surface area contributed by atoms with Gasteiger partial charge in [0, 0.05) is 35.5 Å². The van der Waals surface area contributed by atoms with Crippen molar-refractivity contribution in [3.8, 4) is 0 Å². The Balaban J connectivity index is 1.31. The van der Waals surface area contributed by atoms with Crippen molar-refractivity contribution in [3.05, 3.63) is 93.4 Å². The molecule has 0 aliphatic carbocycles. The summed E-state index contributed by atoms with van der Waals surface area (Å²) in [5.74, 6) is 1.27. The number of hydrogen-bond acceptors (Lipinski definition) is 6. The van der Waals surface area contributed by atoms with Gasteiger partial charge in [0.2, 0.25) is 5.91 Å². The van der Waals surface area contributed by atoms with Crippen LogP contribution in [0.2, 0.25) is 0 Å². The van der Waals surface area contributed by atoms with E-state index < -0.39 is 0 Å². The van der Waals surface area contributed by atoms with Crippen molar-refractivity contribution in [2.45, 2.75) is 37.4 Å². The largest absolute Gasteiger partial charge is 0.326 e. The Hall–Kier alpha value is -3.23. The molecule has 1 amide bonds. The van der Waals surface area contributed by atoms with Gasteiger partial charge in [0.15, 0.2) is 10.9 Å². The summed E-state index contributed by atoms with van der Waals surface area (Å²) in [4.78, 5) is 25.8. The molecule has 0 spiro atoms. The first-order valence-corrected chi connectivity index (χ1v) is 13.1. The zero-order valence-corrected chi connectivity index (χ0v) is 20.2. The molecule has 4 aromatic rings. The lowest BCUT2D eigenvalue weighted by molar-refractivity contribution is -0.116. The second kappa shape index (κ2) is 10.4. The SMILES string of the molecule is O=C1CCc2cc(C(=O)CSc3nnc(Cc4cccs4)n3CCc3ccccc3)ccc2N1. The van der Waals surface area contributed by atoms with Gasteiger partial charge in [0.05, 0.1) is 5.75 Å². The molecule has 0 unspecified atom stereocenters. The lowest BCUT2D eigenvalue weighted by Gasteiger charge is -2.17. The molecule has 2 aromatic heterocycles. The minimum atomic E-state index is 0.0234. The van der Waals surface area contributed by atoms with Gasteiger partial charge in [-0.3, -0.25) is 9.59 Å². The Morgan fingerprint density at radius 2 is 1.94 bits per heavy atom. The van der Waals surface area contributed by atoms with Crippen molar-refractivity contribution in [3.63, 3.8) is 0 Å². The van der Waals surface area contributed by atoms with Gasteiger partial charge < -0.3 is 9.88 Å². The minimum Gasteiger partial charge on any atom is -0.326 e. The molecular formula is C26H24N4O2S2. The number of amides is 1. The lowest BCUT2D eigenvalue weighted by Crippen LogP contribution is -2.19. The molecule has 0 fully saturated rings. The first-order valence-electron chi connectivity index (χ1n) is 11.2. The standard InChI is InChI=1S/C26H24N4O2S2/c31-23(20-8-10-22-19(15-20)9-11-25(32)27-22)17-34-26-29-28-24(16-21-7-4-14-33-21)30(26)13-12-18-5-2-1-3-6-18/h1-8,10,14-15H,9,11-13,16-17H2,(H,27,32). The van der Waals surface area contributed by atoms with Crippen LogP contribution >= 0.6 is 23.1 Å². The number of aryl methyl sites for hydroxylation is 2. The average Bonchev–Trinajstić information content (AvgIpc) is 3.51. The maximum atomic E-state index is 13.0. The van der Waals surface area contributed by atoms with E-state index in [2.05, 4.69) is 43.7 Å². The number of anilines is 1. The van der Waals surface area contributed by atoms with Gasteiger partial charge in [-0.15, -0.1) is 21.5 Å². The molecule has 0 saturated carbocycles. The Kier molecular flexibility index (Phi) is 6.87. The van der Waals surface area contributed by atoms with Gasteiger partial charge in [-0.05, 0) is 53.6 Å².